The Morgan fingerprint density at radius 3 is 2.54 bits per heavy atom. The highest BCUT2D eigenvalue weighted by molar-refractivity contribution is 5.45. The Hall–Kier alpha value is -1.02. The van der Waals surface area contributed by atoms with Gasteiger partial charge < -0.3 is 10.5 Å². The molecular formula is C11H17NO. The minimum Gasteiger partial charge on any atom is -0.496 e. The fourth-order valence-electron chi connectivity index (χ4n) is 1.61. The van der Waals surface area contributed by atoms with Crippen LogP contribution in [0.4, 0.5) is 0 Å². The SMILES string of the molecule is COc1c(C)ccc(CCN)c1C. The van der Waals surface area contributed by atoms with E-state index >= 15 is 0 Å². The van der Waals surface area contributed by atoms with Crippen molar-refractivity contribution in [3.05, 3.63) is 28.8 Å². The molecule has 1 aromatic rings. The molecule has 0 amide bonds. The van der Waals surface area contributed by atoms with Gasteiger partial charge in [0.2, 0.25) is 0 Å². The highest BCUT2D eigenvalue weighted by Gasteiger charge is 2.06. The molecule has 13 heavy (non-hydrogen) atoms. The maximum atomic E-state index is 5.52. The first-order chi connectivity index (χ1) is 6.20. The van der Waals surface area contributed by atoms with Crippen LogP contribution in [0.15, 0.2) is 12.1 Å². The van der Waals surface area contributed by atoms with E-state index in [9.17, 15) is 0 Å². The van der Waals surface area contributed by atoms with E-state index in [1.54, 1.807) is 7.11 Å². The van der Waals surface area contributed by atoms with Crippen molar-refractivity contribution in [1.29, 1.82) is 0 Å². The predicted molar refractivity (Wildman–Crippen MR) is 55.2 cm³/mol. The van der Waals surface area contributed by atoms with Gasteiger partial charge >= 0.3 is 0 Å². The van der Waals surface area contributed by atoms with Crippen molar-refractivity contribution >= 4 is 0 Å². The number of nitrogens with two attached hydrogens (primary N) is 1. The quantitative estimate of drug-likeness (QED) is 0.768. The van der Waals surface area contributed by atoms with Crippen molar-refractivity contribution in [2.24, 2.45) is 5.73 Å². The van der Waals surface area contributed by atoms with E-state index in [1.807, 2.05) is 0 Å². The van der Waals surface area contributed by atoms with E-state index in [0.717, 1.165) is 12.2 Å². The van der Waals surface area contributed by atoms with Crippen LogP contribution in [0.5, 0.6) is 5.75 Å². The lowest BCUT2D eigenvalue weighted by Crippen LogP contribution is -2.05. The van der Waals surface area contributed by atoms with E-state index in [-0.39, 0.29) is 0 Å². The Labute approximate surface area is 79.7 Å². The molecule has 2 heteroatoms. The van der Waals surface area contributed by atoms with Gasteiger partial charge in [0.15, 0.2) is 0 Å². The van der Waals surface area contributed by atoms with E-state index < -0.39 is 0 Å². The Kier molecular flexibility index (Phi) is 3.32. The van der Waals surface area contributed by atoms with Crippen molar-refractivity contribution in [2.45, 2.75) is 20.3 Å². The summed E-state index contributed by atoms with van der Waals surface area (Å²) in [6, 6.07) is 4.21. The first-order valence-electron chi connectivity index (χ1n) is 4.53. The second-order valence-electron chi connectivity index (χ2n) is 3.24. The number of hydrogen-bond acceptors (Lipinski definition) is 2. The number of benzene rings is 1. The number of aryl methyl sites for hydroxylation is 1. The summed E-state index contributed by atoms with van der Waals surface area (Å²) in [7, 11) is 1.71. The lowest BCUT2D eigenvalue weighted by atomic mass is 10.0. The maximum absolute atomic E-state index is 5.52. The van der Waals surface area contributed by atoms with Crippen molar-refractivity contribution in [3.63, 3.8) is 0 Å². The molecule has 0 aliphatic heterocycles. The summed E-state index contributed by atoms with van der Waals surface area (Å²) in [6.07, 6.45) is 0.919. The molecule has 0 aromatic heterocycles. The van der Waals surface area contributed by atoms with Crippen LogP contribution in [0.25, 0.3) is 0 Å². The summed E-state index contributed by atoms with van der Waals surface area (Å²) in [5.41, 5.74) is 9.20. The van der Waals surface area contributed by atoms with Crippen LogP contribution in [-0.4, -0.2) is 13.7 Å². The lowest BCUT2D eigenvalue weighted by molar-refractivity contribution is 0.408. The zero-order valence-corrected chi connectivity index (χ0v) is 8.55. The zero-order chi connectivity index (χ0) is 9.84. The van der Waals surface area contributed by atoms with Crippen molar-refractivity contribution in [2.75, 3.05) is 13.7 Å². The highest BCUT2D eigenvalue weighted by atomic mass is 16.5. The van der Waals surface area contributed by atoms with Crippen LogP contribution in [0.3, 0.4) is 0 Å². The molecule has 0 fully saturated rings. The molecule has 0 heterocycles. The van der Waals surface area contributed by atoms with Gasteiger partial charge in [0.05, 0.1) is 7.11 Å². The number of ether oxygens (including phenoxy) is 1. The van der Waals surface area contributed by atoms with Gasteiger partial charge in [-0.3, -0.25) is 0 Å². The van der Waals surface area contributed by atoms with Crippen LogP contribution >= 0.6 is 0 Å². The summed E-state index contributed by atoms with van der Waals surface area (Å²) in [5.74, 6) is 0.992. The summed E-state index contributed by atoms with van der Waals surface area (Å²) in [6.45, 7) is 4.82. The molecule has 0 aliphatic rings. The molecule has 0 spiro atoms. The second-order valence-corrected chi connectivity index (χ2v) is 3.24. The van der Waals surface area contributed by atoms with E-state index in [1.165, 1.54) is 16.7 Å². The van der Waals surface area contributed by atoms with Gasteiger partial charge in [-0.25, -0.2) is 0 Å². The van der Waals surface area contributed by atoms with Crippen LogP contribution < -0.4 is 10.5 Å². The van der Waals surface area contributed by atoms with Gasteiger partial charge in [0, 0.05) is 0 Å². The molecule has 1 rings (SSSR count). The van der Waals surface area contributed by atoms with Gasteiger partial charge in [-0.05, 0) is 43.5 Å². The molecule has 0 aliphatic carbocycles. The molecule has 0 radical (unpaired) electrons. The average molecular weight is 179 g/mol. The Bertz CT molecular complexity index is 294. The van der Waals surface area contributed by atoms with Crippen LogP contribution in [0.2, 0.25) is 0 Å². The number of rotatable bonds is 3. The monoisotopic (exact) mass is 179 g/mol. The number of methoxy groups -OCH3 is 1. The average Bonchev–Trinajstić information content (AvgIpc) is 2.11. The standard InChI is InChI=1S/C11H17NO/c1-8-4-5-10(6-7-12)9(2)11(8)13-3/h4-5H,6-7,12H2,1-3H3. The van der Waals surface area contributed by atoms with E-state index in [0.29, 0.717) is 6.54 Å². The van der Waals surface area contributed by atoms with Gasteiger partial charge in [0.1, 0.15) is 5.75 Å². The molecule has 0 unspecified atom stereocenters. The first kappa shape index (κ1) is 10.1. The summed E-state index contributed by atoms with van der Waals surface area (Å²) < 4.78 is 5.32. The molecular weight excluding hydrogens is 162 g/mol. The first-order valence-corrected chi connectivity index (χ1v) is 4.53. The molecule has 0 atom stereocenters. The lowest BCUT2D eigenvalue weighted by Gasteiger charge is -2.12. The fraction of sp³-hybridized carbons (Fsp3) is 0.455. The molecule has 1 aromatic carbocycles. The third-order valence-electron chi connectivity index (χ3n) is 2.33. The normalized spacial score (nSPS) is 10.2. The highest BCUT2D eigenvalue weighted by Crippen LogP contribution is 2.25. The third kappa shape index (κ3) is 2.01. The van der Waals surface area contributed by atoms with Crippen LogP contribution in [-0.2, 0) is 6.42 Å². The van der Waals surface area contributed by atoms with Gasteiger partial charge in [0.25, 0.3) is 0 Å². The zero-order valence-electron chi connectivity index (χ0n) is 8.55. The molecule has 72 valence electrons. The van der Waals surface area contributed by atoms with E-state index in [2.05, 4.69) is 26.0 Å². The smallest absolute Gasteiger partial charge is 0.124 e. The largest absolute Gasteiger partial charge is 0.496 e. The summed E-state index contributed by atoms with van der Waals surface area (Å²) >= 11 is 0. The molecule has 0 saturated heterocycles. The summed E-state index contributed by atoms with van der Waals surface area (Å²) in [5, 5.41) is 0. The van der Waals surface area contributed by atoms with E-state index in [4.69, 9.17) is 10.5 Å². The Morgan fingerprint density at radius 2 is 2.00 bits per heavy atom. The van der Waals surface area contributed by atoms with Crippen molar-refractivity contribution in [3.8, 4) is 5.75 Å². The van der Waals surface area contributed by atoms with Gasteiger partial charge in [-0.15, -0.1) is 0 Å². The predicted octanol–water partition coefficient (Wildman–Crippen LogP) is 1.81. The molecule has 0 bridgehead atoms. The van der Waals surface area contributed by atoms with Gasteiger partial charge in [-0.1, -0.05) is 12.1 Å². The van der Waals surface area contributed by atoms with Crippen molar-refractivity contribution < 1.29 is 4.74 Å². The fourth-order valence-corrected chi connectivity index (χ4v) is 1.61. The summed E-state index contributed by atoms with van der Waals surface area (Å²) in [4.78, 5) is 0. The maximum Gasteiger partial charge on any atom is 0.124 e. The molecule has 0 saturated carbocycles. The van der Waals surface area contributed by atoms with Crippen molar-refractivity contribution in [1.82, 2.24) is 0 Å². The minimum absolute atomic E-state index is 0.688. The molecule has 2 nitrogen and oxygen atoms in total. The van der Waals surface area contributed by atoms with Crippen LogP contribution in [0, 0.1) is 13.8 Å². The minimum atomic E-state index is 0.688. The number of hydrogen-bond donors (Lipinski definition) is 1. The topological polar surface area (TPSA) is 35.2 Å². The second kappa shape index (κ2) is 4.28. The van der Waals surface area contributed by atoms with Gasteiger partial charge in [-0.2, -0.15) is 0 Å². The Morgan fingerprint density at radius 1 is 1.31 bits per heavy atom. The Balaban J connectivity index is 3.11. The third-order valence-corrected chi connectivity index (χ3v) is 2.33. The molecule has 2 N–H and O–H groups in total. The van der Waals surface area contributed by atoms with Crippen LogP contribution in [0.1, 0.15) is 16.7 Å².